The highest BCUT2D eigenvalue weighted by atomic mass is 16.2. The summed E-state index contributed by atoms with van der Waals surface area (Å²) in [5, 5.41) is 3.33. The third kappa shape index (κ3) is 4.02. The van der Waals surface area contributed by atoms with E-state index in [-0.39, 0.29) is 11.8 Å². The maximum Gasteiger partial charge on any atom is 0.227 e. The normalized spacial score (nSPS) is 19.6. The molecule has 0 aromatic carbocycles. The molecule has 0 saturated carbocycles. The molecular weight excluding hydrogens is 340 g/mol. The first-order valence-corrected chi connectivity index (χ1v) is 9.67. The number of likely N-dealkylation sites (tertiary alicyclic amines) is 1. The van der Waals surface area contributed by atoms with Gasteiger partial charge in [0.25, 0.3) is 0 Å². The number of aryl methyl sites for hydroxylation is 1. The van der Waals surface area contributed by atoms with Gasteiger partial charge in [0, 0.05) is 51.3 Å². The van der Waals surface area contributed by atoms with E-state index in [4.69, 9.17) is 9.97 Å². The van der Waals surface area contributed by atoms with E-state index in [0.29, 0.717) is 0 Å². The number of hydrogen-bond acceptors (Lipinski definition) is 6. The second-order valence-electron chi connectivity index (χ2n) is 7.47. The second kappa shape index (κ2) is 7.50. The topological polar surface area (TPSA) is 74.2 Å². The number of aromatic nitrogens is 3. The van der Waals surface area contributed by atoms with Gasteiger partial charge in [-0.3, -0.25) is 4.79 Å². The van der Waals surface area contributed by atoms with Gasteiger partial charge in [-0.05, 0) is 43.9 Å². The van der Waals surface area contributed by atoms with E-state index in [9.17, 15) is 4.79 Å². The first-order valence-electron chi connectivity index (χ1n) is 9.67. The average Bonchev–Trinajstić information content (AvgIpc) is 2.60. The van der Waals surface area contributed by atoms with Crippen LogP contribution in [0, 0.1) is 6.92 Å². The number of anilines is 3. The standard InChI is InChI=1S/C20H26N6O/c1-14-6-7-21-18(11-14)23-19-12-17(22-20(24-19)25-9-4-10-25)16-5-3-8-26(13-16)15(2)27/h6-7,11-12,16H,3-5,8-10,13H2,1-2H3,(H,21,22,23,24). The molecule has 1 amide bonds. The SMILES string of the molecule is CC(=O)N1CCCC(c2cc(Nc3cc(C)ccn3)nc(N3CCC3)n2)C1. The molecule has 0 radical (unpaired) electrons. The zero-order valence-electron chi connectivity index (χ0n) is 16.0. The Kier molecular flexibility index (Phi) is 4.92. The lowest BCUT2D eigenvalue weighted by Gasteiger charge is -2.34. The fourth-order valence-electron chi connectivity index (χ4n) is 3.62. The van der Waals surface area contributed by atoms with Crippen molar-refractivity contribution in [3.05, 3.63) is 35.7 Å². The summed E-state index contributed by atoms with van der Waals surface area (Å²) >= 11 is 0. The van der Waals surface area contributed by atoms with Crippen LogP contribution in [-0.4, -0.2) is 51.9 Å². The van der Waals surface area contributed by atoms with E-state index >= 15 is 0 Å². The summed E-state index contributed by atoms with van der Waals surface area (Å²) in [6, 6.07) is 5.99. The molecule has 27 heavy (non-hydrogen) atoms. The third-order valence-corrected chi connectivity index (χ3v) is 5.33. The zero-order valence-corrected chi connectivity index (χ0v) is 16.0. The highest BCUT2D eigenvalue weighted by Crippen LogP contribution is 2.30. The van der Waals surface area contributed by atoms with E-state index in [2.05, 4.69) is 15.2 Å². The Labute approximate surface area is 159 Å². The molecule has 2 saturated heterocycles. The molecular formula is C20H26N6O. The van der Waals surface area contributed by atoms with Crippen molar-refractivity contribution in [2.75, 3.05) is 36.4 Å². The van der Waals surface area contributed by atoms with Crippen molar-refractivity contribution in [3.63, 3.8) is 0 Å². The van der Waals surface area contributed by atoms with Crippen molar-refractivity contribution in [2.24, 2.45) is 0 Å². The number of rotatable bonds is 4. The highest BCUT2D eigenvalue weighted by Gasteiger charge is 2.26. The maximum atomic E-state index is 11.8. The van der Waals surface area contributed by atoms with Crippen LogP contribution >= 0.6 is 0 Å². The number of carbonyl (C=O) groups is 1. The lowest BCUT2D eigenvalue weighted by Crippen LogP contribution is -2.40. The van der Waals surface area contributed by atoms with Gasteiger partial charge in [-0.2, -0.15) is 4.98 Å². The predicted octanol–water partition coefficient (Wildman–Crippen LogP) is 2.86. The summed E-state index contributed by atoms with van der Waals surface area (Å²) in [5.41, 5.74) is 2.15. The summed E-state index contributed by atoms with van der Waals surface area (Å²) in [4.78, 5) is 29.9. The van der Waals surface area contributed by atoms with E-state index in [1.165, 1.54) is 6.42 Å². The average molecular weight is 366 g/mol. The number of piperidine rings is 1. The summed E-state index contributed by atoms with van der Waals surface area (Å²) < 4.78 is 0. The lowest BCUT2D eigenvalue weighted by atomic mass is 9.94. The molecule has 4 rings (SSSR count). The monoisotopic (exact) mass is 366 g/mol. The Hall–Kier alpha value is -2.70. The van der Waals surface area contributed by atoms with Gasteiger partial charge < -0.3 is 15.1 Å². The molecule has 0 aliphatic carbocycles. The largest absolute Gasteiger partial charge is 0.342 e. The predicted molar refractivity (Wildman–Crippen MR) is 105 cm³/mol. The van der Waals surface area contributed by atoms with Crippen molar-refractivity contribution in [1.29, 1.82) is 0 Å². The molecule has 1 N–H and O–H groups in total. The van der Waals surface area contributed by atoms with Crippen LogP contribution in [0.25, 0.3) is 0 Å². The quantitative estimate of drug-likeness (QED) is 0.897. The summed E-state index contributed by atoms with van der Waals surface area (Å²) in [5.74, 6) is 2.70. The van der Waals surface area contributed by atoms with Crippen LogP contribution in [0.3, 0.4) is 0 Å². The molecule has 4 heterocycles. The van der Waals surface area contributed by atoms with Crippen LogP contribution in [0.2, 0.25) is 0 Å². The van der Waals surface area contributed by atoms with E-state index in [0.717, 1.165) is 67.9 Å². The van der Waals surface area contributed by atoms with Gasteiger partial charge in [-0.1, -0.05) is 0 Å². The Bertz CT molecular complexity index is 835. The second-order valence-corrected chi connectivity index (χ2v) is 7.47. The van der Waals surface area contributed by atoms with Crippen molar-refractivity contribution >= 4 is 23.5 Å². The molecule has 2 aromatic rings. The van der Waals surface area contributed by atoms with Gasteiger partial charge in [-0.25, -0.2) is 9.97 Å². The van der Waals surface area contributed by atoms with Gasteiger partial charge >= 0.3 is 0 Å². The molecule has 2 fully saturated rings. The van der Waals surface area contributed by atoms with Crippen LogP contribution in [0.4, 0.5) is 17.6 Å². The third-order valence-electron chi connectivity index (χ3n) is 5.33. The van der Waals surface area contributed by atoms with Crippen LogP contribution in [0.1, 0.15) is 43.4 Å². The summed E-state index contributed by atoms with van der Waals surface area (Å²) in [6.07, 6.45) is 5.02. The van der Waals surface area contributed by atoms with Crippen molar-refractivity contribution in [3.8, 4) is 0 Å². The van der Waals surface area contributed by atoms with E-state index in [1.807, 2.05) is 30.0 Å². The molecule has 7 heteroatoms. The maximum absolute atomic E-state index is 11.8. The molecule has 0 spiro atoms. The Balaban J connectivity index is 1.63. The number of nitrogens with one attached hydrogen (secondary N) is 1. The molecule has 1 atom stereocenters. The fourth-order valence-corrected chi connectivity index (χ4v) is 3.62. The number of carbonyl (C=O) groups excluding carboxylic acids is 1. The van der Waals surface area contributed by atoms with Gasteiger partial charge in [-0.15, -0.1) is 0 Å². The minimum Gasteiger partial charge on any atom is -0.342 e. The van der Waals surface area contributed by atoms with Crippen LogP contribution in [-0.2, 0) is 4.79 Å². The van der Waals surface area contributed by atoms with Crippen LogP contribution in [0.15, 0.2) is 24.4 Å². The molecule has 142 valence electrons. The smallest absolute Gasteiger partial charge is 0.227 e. The zero-order chi connectivity index (χ0) is 18.8. The summed E-state index contributed by atoms with van der Waals surface area (Å²) in [7, 11) is 0. The van der Waals surface area contributed by atoms with Gasteiger partial charge in [0.2, 0.25) is 11.9 Å². The molecule has 1 unspecified atom stereocenters. The van der Waals surface area contributed by atoms with Gasteiger partial charge in [0.15, 0.2) is 0 Å². The van der Waals surface area contributed by atoms with E-state index in [1.54, 1.807) is 13.1 Å². The molecule has 2 aliphatic rings. The highest BCUT2D eigenvalue weighted by molar-refractivity contribution is 5.73. The Morgan fingerprint density at radius 1 is 1.15 bits per heavy atom. The minimum atomic E-state index is 0.138. The first-order chi connectivity index (χ1) is 13.1. The Morgan fingerprint density at radius 3 is 2.70 bits per heavy atom. The number of nitrogens with zero attached hydrogens (tertiary/aromatic N) is 5. The van der Waals surface area contributed by atoms with Crippen molar-refractivity contribution < 1.29 is 4.79 Å². The van der Waals surface area contributed by atoms with Gasteiger partial charge in [0.05, 0.1) is 5.69 Å². The number of amides is 1. The lowest BCUT2D eigenvalue weighted by molar-refractivity contribution is -0.130. The van der Waals surface area contributed by atoms with Crippen LogP contribution < -0.4 is 10.2 Å². The number of pyridine rings is 1. The van der Waals surface area contributed by atoms with Crippen molar-refractivity contribution in [1.82, 2.24) is 19.9 Å². The van der Waals surface area contributed by atoms with E-state index < -0.39 is 0 Å². The molecule has 0 bridgehead atoms. The first kappa shape index (κ1) is 17.7. The number of hydrogen-bond donors (Lipinski definition) is 1. The van der Waals surface area contributed by atoms with Crippen LogP contribution in [0.5, 0.6) is 0 Å². The molecule has 7 nitrogen and oxygen atoms in total. The molecule has 2 aromatic heterocycles. The minimum absolute atomic E-state index is 0.138. The molecule has 2 aliphatic heterocycles. The Morgan fingerprint density at radius 2 is 2.00 bits per heavy atom. The fraction of sp³-hybridized carbons (Fsp3) is 0.500. The van der Waals surface area contributed by atoms with Gasteiger partial charge in [0.1, 0.15) is 11.6 Å². The van der Waals surface area contributed by atoms with Crippen molar-refractivity contribution in [2.45, 2.75) is 39.0 Å². The summed E-state index contributed by atoms with van der Waals surface area (Å²) in [6.45, 7) is 7.25.